The van der Waals surface area contributed by atoms with Crippen LogP contribution in [0.4, 0.5) is 0 Å². The average molecular weight is 170 g/mol. The molecule has 0 bridgehead atoms. The number of allylic oxidation sites excluding steroid dienone is 2. The summed E-state index contributed by atoms with van der Waals surface area (Å²) in [4.78, 5) is 1.61. The first-order valence-electron chi connectivity index (χ1n) is 4.56. The van der Waals surface area contributed by atoms with E-state index in [0.29, 0.717) is 0 Å². The largest absolute Gasteiger partial charge is 0.134 e. The van der Waals surface area contributed by atoms with Crippen LogP contribution in [-0.4, -0.2) is 6.26 Å². The Morgan fingerprint density at radius 1 is 1.45 bits per heavy atom. The van der Waals surface area contributed by atoms with Gasteiger partial charge < -0.3 is 0 Å². The summed E-state index contributed by atoms with van der Waals surface area (Å²) in [5, 5.41) is 0. The second-order valence-corrected chi connectivity index (χ2v) is 4.21. The molecule has 11 heavy (non-hydrogen) atoms. The lowest BCUT2D eigenvalue weighted by molar-refractivity contribution is 0.401. The number of rotatable bonds is 3. The lowest BCUT2D eigenvalue weighted by atomic mass is 9.91. The third-order valence-corrected chi connectivity index (χ3v) is 3.55. The van der Waals surface area contributed by atoms with Gasteiger partial charge in [-0.3, -0.25) is 0 Å². The maximum Gasteiger partial charge on any atom is -0.0140 e. The van der Waals surface area contributed by atoms with E-state index in [0.717, 1.165) is 11.8 Å². The highest BCUT2D eigenvalue weighted by Crippen LogP contribution is 2.38. The van der Waals surface area contributed by atoms with Crippen molar-refractivity contribution in [2.75, 3.05) is 6.26 Å². The van der Waals surface area contributed by atoms with E-state index in [-0.39, 0.29) is 0 Å². The first kappa shape index (κ1) is 9.18. The molecule has 0 saturated carbocycles. The second-order valence-electron chi connectivity index (χ2n) is 3.28. The summed E-state index contributed by atoms with van der Waals surface area (Å²) >= 11 is 1.93. The molecule has 2 atom stereocenters. The summed E-state index contributed by atoms with van der Waals surface area (Å²) in [6, 6.07) is 0. The molecule has 0 aromatic heterocycles. The van der Waals surface area contributed by atoms with Crippen molar-refractivity contribution in [3.8, 4) is 0 Å². The molecule has 0 amide bonds. The summed E-state index contributed by atoms with van der Waals surface area (Å²) in [7, 11) is 0. The molecule has 0 heterocycles. The Hall–Kier alpha value is 0.0900. The van der Waals surface area contributed by atoms with Crippen molar-refractivity contribution in [2.45, 2.75) is 33.1 Å². The van der Waals surface area contributed by atoms with Crippen LogP contribution in [0.25, 0.3) is 0 Å². The molecule has 1 rings (SSSR count). The highest BCUT2D eigenvalue weighted by Gasteiger charge is 2.23. The van der Waals surface area contributed by atoms with Gasteiger partial charge in [0.25, 0.3) is 0 Å². The first-order valence-corrected chi connectivity index (χ1v) is 5.78. The predicted octanol–water partition coefficient (Wildman–Crippen LogP) is 3.69. The van der Waals surface area contributed by atoms with E-state index >= 15 is 0 Å². The molecule has 0 nitrogen and oxygen atoms in total. The quantitative estimate of drug-likeness (QED) is 0.622. The molecule has 64 valence electrons. The Balaban J connectivity index is 2.53. The van der Waals surface area contributed by atoms with Gasteiger partial charge in [0.05, 0.1) is 0 Å². The van der Waals surface area contributed by atoms with Crippen LogP contribution in [0.5, 0.6) is 0 Å². The fourth-order valence-electron chi connectivity index (χ4n) is 1.90. The average Bonchev–Trinajstić information content (AvgIpc) is 2.46. The van der Waals surface area contributed by atoms with Crippen molar-refractivity contribution in [1.82, 2.24) is 0 Å². The van der Waals surface area contributed by atoms with E-state index < -0.39 is 0 Å². The molecule has 0 aliphatic heterocycles. The standard InChI is InChI=1S/C10H18S/c1-4-8-6-10(11-3)7-9(8)5-2/h6,8-9H,4-5,7H2,1-3H3/t8-,9-/m0/s1. The SMILES string of the molecule is CC[C@H]1CC(SC)=C[C@@H]1CC. The minimum atomic E-state index is 0.877. The van der Waals surface area contributed by atoms with Crippen LogP contribution in [0, 0.1) is 11.8 Å². The minimum Gasteiger partial charge on any atom is -0.134 e. The molecule has 1 aliphatic rings. The van der Waals surface area contributed by atoms with E-state index in [1.807, 2.05) is 11.8 Å². The molecule has 0 radical (unpaired) electrons. The zero-order chi connectivity index (χ0) is 8.27. The lowest BCUT2D eigenvalue weighted by Gasteiger charge is -2.14. The van der Waals surface area contributed by atoms with Crippen molar-refractivity contribution in [3.63, 3.8) is 0 Å². The zero-order valence-electron chi connectivity index (χ0n) is 7.76. The molecule has 0 saturated heterocycles. The zero-order valence-corrected chi connectivity index (χ0v) is 8.58. The third kappa shape index (κ3) is 2.02. The van der Waals surface area contributed by atoms with Crippen molar-refractivity contribution < 1.29 is 0 Å². The summed E-state index contributed by atoms with van der Waals surface area (Å²) in [5.74, 6) is 1.82. The molecule has 1 heteroatoms. The number of thioether (sulfide) groups is 1. The number of hydrogen-bond donors (Lipinski definition) is 0. The molecule has 0 aromatic rings. The fourth-order valence-corrected chi connectivity index (χ4v) is 2.59. The van der Waals surface area contributed by atoms with Crippen molar-refractivity contribution >= 4 is 11.8 Å². The van der Waals surface area contributed by atoms with Gasteiger partial charge in [-0.05, 0) is 35.8 Å². The summed E-state index contributed by atoms with van der Waals surface area (Å²) in [6.45, 7) is 4.61. The fraction of sp³-hybridized carbons (Fsp3) is 0.800. The van der Waals surface area contributed by atoms with Crippen molar-refractivity contribution in [2.24, 2.45) is 11.8 Å². The molecule has 0 aromatic carbocycles. The van der Waals surface area contributed by atoms with Gasteiger partial charge in [0, 0.05) is 0 Å². The summed E-state index contributed by atoms with van der Waals surface area (Å²) < 4.78 is 0. The van der Waals surface area contributed by atoms with Crippen LogP contribution < -0.4 is 0 Å². The Kier molecular flexibility index (Phi) is 3.50. The smallest absolute Gasteiger partial charge is 0.0140 e. The Bertz CT molecular complexity index is 149. The normalized spacial score (nSPS) is 30.6. The van der Waals surface area contributed by atoms with Crippen molar-refractivity contribution in [3.05, 3.63) is 11.0 Å². The van der Waals surface area contributed by atoms with Gasteiger partial charge in [-0.25, -0.2) is 0 Å². The number of hydrogen-bond acceptors (Lipinski definition) is 1. The first-order chi connectivity index (χ1) is 5.31. The van der Waals surface area contributed by atoms with E-state index in [1.54, 1.807) is 4.91 Å². The molecular formula is C10H18S. The molecular weight excluding hydrogens is 152 g/mol. The van der Waals surface area contributed by atoms with E-state index in [9.17, 15) is 0 Å². The lowest BCUT2D eigenvalue weighted by Crippen LogP contribution is -2.04. The topological polar surface area (TPSA) is 0 Å². The van der Waals surface area contributed by atoms with Gasteiger partial charge in [-0.15, -0.1) is 11.8 Å². The van der Waals surface area contributed by atoms with E-state index in [4.69, 9.17) is 0 Å². The summed E-state index contributed by atoms with van der Waals surface area (Å²) in [5.41, 5.74) is 0. The molecule has 0 fully saturated rings. The predicted molar refractivity (Wildman–Crippen MR) is 53.8 cm³/mol. The van der Waals surface area contributed by atoms with E-state index in [1.165, 1.54) is 19.3 Å². The Morgan fingerprint density at radius 2 is 2.18 bits per heavy atom. The van der Waals surface area contributed by atoms with Gasteiger partial charge in [-0.1, -0.05) is 26.3 Å². The second kappa shape index (κ2) is 4.20. The van der Waals surface area contributed by atoms with Gasteiger partial charge >= 0.3 is 0 Å². The van der Waals surface area contributed by atoms with Crippen LogP contribution in [0.2, 0.25) is 0 Å². The van der Waals surface area contributed by atoms with Crippen molar-refractivity contribution in [1.29, 1.82) is 0 Å². The monoisotopic (exact) mass is 170 g/mol. The van der Waals surface area contributed by atoms with Gasteiger partial charge in [-0.2, -0.15) is 0 Å². The van der Waals surface area contributed by atoms with Gasteiger partial charge in [0.1, 0.15) is 0 Å². The maximum absolute atomic E-state index is 2.48. The third-order valence-electron chi connectivity index (χ3n) is 2.73. The Labute approximate surface area is 74.5 Å². The van der Waals surface area contributed by atoms with Gasteiger partial charge in [0.15, 0.2) is 0 Å². The molecule has 0 spiro atoms. The van der Waals surface area contributed by atoms with Crippen LogP contribution in [0.15, 0.2) is 11.0 Å². The van der Waals surface area contributed by atoms with Crippen LogP contribution in [0.1, 0.15) is 33.1 Å². The highest BCUT2D eigenvalue weighted by molar-refractivity contribution is 8.02. The summed E-state index contributed by atoms with van der Waals surface area (Å²) in [6.07, 6.45) is 8.69. The molecule has 0 unspecified atom stereocenters. The molecule has 1 aliphatic carbocycles. The maximum atomic E-state index is 2.48. The minimum absolute atomic E-state index is 0.877. The highest BCUT2D eigenvalue weighted by atomic mass is 32.2. The Morgan fingerprint density at radius 3 is 2.55 bits per heavy atom. The van der Waals surface area contributed by atoms with Crippen LogP contribution in [-0.2, 0) is 0 Å². The van der Waals surface area contributed by atoms with Gasteiger partial charge in [0.2, 0.25) is 0 Å². The van der Waals surface area contributed by atoms with E-state index in [2.05, 4.69) is 26.2 Å². The molecule has 0 N–H and O–H groups in total. The van der Waals surface area contributed by atoms with Crippen LogP contribution >= 0.6 is 11.8 Å². The van der Waals surface area contributed by atoms with Crippen LogP contribution in [0.3, 0.4) is 0 Å².